The van der Waals surface area contributed by atoms with Crippen LogP contribution in [0.3, 0.4) is 0 Å². The third kappa shape index (κ3) is 3.81. The summed E-state index contributed by atoms with van der Waals surface area (Å²) in [4.78, 5) is 14.8. The summed E-state index contributed by atoms with van der Waals surface area (Å²) < 4.78 is 13.0. The first-order chi connectivity index (χ1) is 14.8. The molecule has 30 heavy (non-hydrogen) atoms. The average Bonchev–Trinajstić information content (AvgIpc) is 3.17. The number of aromatic nitrogens is 3. The Balaban J connectivity index is 1.42. The number of carbonyl (C=O) groups is 1. The van der Waals surface area contributed by atoms with E-state index in [9.17, 15) is 4.79 Å². The first kappa shape index (κ1) is 18.5. The number of rotatable bonds is 5. The van der Waals surface area contributed by atoms with Crippen LogP contribution >= 0.6 is 11.8 Å². The Morgan fingerprint density at radius 3 is 2.57 bits per heavy atom. The van der Waals surface area contributed by atoms with Gasteiger partial charge in [-0.3, -0.25) is 4.79 Å². The first-order valence-electron chi connectivity index (χ1n) is 9.51. The Morgan fingerprint density at radius 2 is 1.73 bits per heavy atom. The Morgan fingerprint density at radius 1 is 1.00 bits per heavy atom. The fraction of sp³-hybridized carbons (Fsp3) is 0.136. The number of anilines is 1. The predicted molar refractivity (Wildman–Crippen MR) is 114 cm³/mol. The molecule has 0 saturated heterocycles. The van der Waals surface area contributed by atoms with Gasteiger partial charge in [0.2, 0.25) is 5.91 Å². The number of hydrogen-bond donors (Lipinski definition) is 1. The summed E-state index contributed by atoms with van der Waals surface area (Å²) in [7, 11) is 0. The summed E-state index contributed by atoms with van der Waals surface area (Å²) in [6.07, 6.45) is 0. The second-order valence-corrected chi connectivity index (χ2v) is 7.81. The highest BCUT2D eigenvalue weighted by atomic mass is 32.2. The molecule has 1 amide bonds. The minimum atomic E-state index is -0.197. The van der Waals surface area contributed by atoms with Gasteiger partial charge in [0.1, 0.15) is 25.3 Å². The van der Waals surface area contributed by atoms with Gasteiger partial charge in [-0.25, -0.2) is 4.68 Å². The van der Waals surface area contributed by atoms with Crippen LogP contribution in [0.25, 0.3) is 11.0 Å². The predicted octanol–water partition coefficient (Wildman–Crippen LogP) is 3.99. The molecule has 150 valence electrons. The summed E-state index contributed by atoms with van der Waals surface area (Å²) >= 11 is 1.55. The minimum absolute atomic E-state index is 0.0599. The van der Waals surface area contributed by atoms with Gasteiger partial charge in [-0.2, -0.15) is 0 Å². The number of para-hydroxylation sites is 1. The molecule has 3 aromatic carbocycles. The van der Waals surface area contributed by atoms with Crippen LogP contribution in [0, 0.1) is 0 Å². The van der Waals surface area contributed by atoms with Crippen molar-refractivity contribution in [2.45, 2.75) is 16.3 Å². The maximum absolute atomic E-state index is 12.8. The SMILES string of the molecule is O=C(Cn1nnc2ccccc21)Nc1cc2c(cc1Sc1ccccc1)OCCO2. The molecule has 0 fully saturated rings. The van der Waals surface area contributed by atoms with Crippen LogP contribution in [0.1, 0.15) is 0 Å². The van der Waals surface area contributed by atoms with E-state index < -0.39 is 0 Å². The highest BCUT2D eigenvalue weighted by Crippen LogP contribution is 2.42. The number of benzene rings is 3. The van der Waals surface area contributed by atoms with Crippen LogP contribution in [0.15, 0.2) is 76.5 Å². The second-order valence-electron chi connectivity index (χ2n) is 6.69. The molecule has 8 heteroatoms. The first-order valence-corrected chi connectivity index (χ1v) is 10.3. The number of hydrogen-bond acceptors (Lipinski definition) is 6. The van der Waals surface area contributed by atoms with Gasteiger partial charge in [0.15, 0.2) is 11.5 Å². The molecule has 1 aliphatic rings. The standard InChI is InChI=1S/C22H18N4O3S/c27-22(14-26-18-9-5-4-8-16(18)24-25-26)23-17-12-19-20(29-11-10-28-19)13-21(17)30-15-6-2-1-3-7-15/h1-9,12-13H,10-11,14H2,(H,23,27). The summed E-state index contributed by atoms with van der Waals surface area (Å²) in [5, 5.41) is 11.2. The smallest absolute Gasteiger partial charge is 0.246 e. The lowest BCUT2D eigenvalue weighted by Crippen LogP contribution is -2.21. The second kappa shape index (κ2) is 8.08. The number of amides is 1. The molecule has 0 atom stereocenters. The largest absolute Gasteiger partial charge is 0.486 e. The van der Waals surface area contributed by atoms with Crippen molar-refractivity contribution in [3.05, 3.63) is 66.7 Å². The molecule has 1 aliphatic heterocycles. The van der Waals surface area contributed by atoms with Crippen LogP contribution in [0.2, 0.25) is 0 Å². The summed E-state index contributed by atoms with van der Waals surface area (Å²) in [5.41, 5.74) is 2.24. The highest BCUT2D eigenvalue weighted by Gasteiger charge is 2.18. The Labute approximate surface area is 177 Å². The van der Waals surface area contributed by atoms with Crippen molar-refractivity contribution in [3.8, 4) is 11.5 Å². The topological polar surface area (TPSA) is 78.3 Å². The van der Waals surface area contributed by atoms with Crippen molar-refractivity contribution in [1.82, 2.24) is 15.0 Å². The van der Waals surface area contributed by atoms with E-state index in [1.807, 2.05) is 66.7 Å². The number of ether oxygens (including phenoxy) is 2. The Bertz CT molecular complexity index is 1210. The third-order valence-corrected chi connectivity index (χ3v) is 5.67. The fourth-order valence-corrected chi connectivity index (χ4v) is 4.16. The highest BCUT2D eigenvalue weighted by molar-refractivity contribution is 7.99. The van der Waals surface area contributed by atoms with Crippen LogP contribution in [-0.4, -0.2) is 34.1 Å². The zero-order valence-electron chi connectivity index (χ0n) is 15.9. The molecule has 0 bridgehead atoms. The van der Waals surface area contributed by atoms with Gasteiger partial charge in [-0.05, 0) is 24.3 Å². The summed E-state index contributed by atoms with van der Waals surface area (Å²) in [5.74, 6) is 1.11. The van der Waals surface area contributed by atoms with E-state index in [0.717, 1.165) is 20.8 Å². The Hall–Kier alpha value is -3.52. The number of fused-ring (bicyclic) bond motifs is 2. The molecule has 7 nitrogen and oxygen atoms in total. The molecule has 0 aliphatic carbocycles. The normalized spacial score (nSPS) is 12.7. The van der Waals surface area contributed by atoms with Crippen LogP contribution in [-0.2, 0) is 11.3 Å². The number of nitrogens with one attached hydrogen (secondary N) is 1. The lowest BCUT2D eigenvalue weighted by atomic mass is 10.2. The minimum Gasteiger partial charge on any atom is -0.486 e. The molecule has 0 unspecified atom stereocenters. The molecule has 5 rings (SSSR count). The van der Waals surface area contributed by atoms with Crippen molar-refractivity contribution in [2.75, 3.05) is 18.5 Å². The number of carbonyl (C=O) groups excluding carboxylic acids is 1. The van der Waals surface area contributed by atoms with E-state index in [4.69, 9.17) is 9.47 Å². The lowest BCUT2D eigenvalue weighted by molar-refractivity contribution is -0.116. The Kier molecular flexibility index (Phi) is 4.98. The van der Waals surface area contributed by atoms with E-state index >= 15 is 0 Å². The van der Waals surface area contributed by atoms with E-state index in [1.54, 1.807) is 16.4 Å². The van der Waals surface area contributed by atoms with E-state index in [0.29, 0.717) is 30.4 Å². The molecule has 0 saturated carbocycles. The quantitative estimate of drug-likeness (QED) is 0.528. The molecule has 0 radical (unpaired) electrons. The molecular weight excluding hydrogens is 400 g/mol. The lowest BCUT2D eigenvalue weighted by Gasteiger charge is -2.21. The van der Waals surface area contributed by atoms with Gasteiger partial charge in [0.05, 0.1) is 11.2 Å². The van der Waals surface area contributed by atoms with E-state index in [1.165, 1.54) is 0 Å². The van der Waals surface area contributed by atoms with Gasteiger partial charge in [-0.15, -0.1) is 5.10 Å². The van der Waals surface area contributed by atoms with Crippen LogP contribution < -0.4 is 14.8 Å². The van der Waals surface area contributed by atoms with Gasteiger partial charge in [-0.1, -0.05) is 47.3 Å². The van der Waals surface area contributed by atoms with E-state index in [-0.39, 0.29) is 12.5 Å². The van der Waals surface area contributed by atoms with Gasteiger partial charge < -0.3 is 14.8 Å². The van der Waals surface area contributed by atoms with Gasteiger partial charge >= 0.3 is 0 Å². The van der Waals surface area contributed by atoms with Crippen molar-refractivity contribution in [2.24, 2.45) is 0 Å². The van der Waals surface area contributed by atoms with E-state index in [2.05, 4.69) is 15.6 Å². The third-order valence-electron chi connectivity index (χ3n) is 4.60. The summed E-state index contributed by atoms with van der Waals surface area (Å²) in [6, 6.07) is 21.3. The van der Waals surface area contributed by atoms with Crippen LogP contribution in [0.4, 0.5) is 5.69 Å². The fourth-order valence-electron chi connectivity index (χ4n) is 3.23. The van der Waals surface area contributed by atoms with Crippen molar-refractivity contribution < 1.29 is 14.3 Å². The van der Waals surface area contributed by atoms with Crippen molar-refractivity contribution in [1.29, 1.82) is 0 Å². The summed E-state index contributed by atoms with van der Waals surface area (Å²) in [6.45, 7) is 1.05. The molecule has 4 aromatic rings. The molecule has 2 heterocycles. The number of nitrogens with zero attached hydrogens (tertiary/aromatic N) is 3. The average molecular weight is 418 g/mol. The molecular formula is C22H18N4O3S. The molecule has 1 aromatic heterocycles. The zero-order chi connectivity index (χ0) is 20.3. The monoisotopic (exact) mass is 418 g/mol. The zero-order valence-corrected chi connectivity index (χ0v) is 16.8. The van der Waals surface area contributed by atoms with Gasteiger partial charge in [0, 0.05) is 21.9 Å². The van der Waals surface area contributed by atoms with Crippen LogP contribution in [0.5, 0.6) is 11.5 Å². The molecule has 1 N–H and O–H groups in total. The van der Waals surface area contributed by atoms with Crippen molar-refractivity contribution in [3.63, 3.8) is 0 Å². The molecule has 0 spiro atoms. The maximum Gasteiger partial charge on any atom is 0.246 e. The van der Waals surface area contributed by atoms with Crippen molar-refractivity contribution >= 4 is 34.4 Å². The van der Waals surface area contributed by atoms with Gasteiger partial charge in [0.25, 0.3) is 0 Å². The maximum atomic E-state index is 12.8.